The van der Waals surface area contributed by atoms with Crippen LogP contribution < -0.4 is 14.8 Å². The van der Waals surface area contributed by atoms with Gasteiger partial charge in [-0.1, -0.05) is 0 Å². The van der Waals surface area contributed by atoms with Gasteiger partial charge in [0.1, 0.15) is 0 Å². The molecule has 0 radical (unpaired) electrons. The molecule has 1 aliphatic rings. The van der Waals surface area contributed by atoms with Gasteiger partial charge in [0.15, 0.2) is 11.5 Å². The molecule has 1 heterocycles. The van der Waals surface area contributed by atoms with E-state index in [2.05, 4.69) is 21.2 Å². The van der Waals surface area contributed by atoms with Crippen LogP contribution in [0.2, 0.25) is 0 Å². The van der Waals surface area contributed by atoms with Crippen LogP contribution >= 0.6 is 28.3 Å². The van der Waals surface area contributed by atoms with Gasteiger partial charge >= 0.3 is 0 Å². The van der Waals surface area contributed by atoms with Crippen LogP contribution in [0.4, 0.5) is 0 Å². The van der Waals surface area contributed by atoms with Gasteiger partial charge in [-0.15, -0.1) is 12.4 Å². The van der Waals surface area contributed by atoms with Crippen LogP contribution in [0.25, 0.3) is 0 Å². The number of hydrogen-bond acceptors (Lipinski definition) is 4. The number of halogens is 2. The maximum atomic E-state index is 12.7. The number of benzene rings is 1. The monoisotopic (exact) mass is 392 g/mol. The summed E-state index contributed by atoms with van der Waals surface area (Å²) in [5, 5.41) is 3.28. The maximum absolute atomic E-state index is 12.7. The highest BCUT2D eigenvalue weighted by Gasteiger charge is 2.25. The second kappa shape index (κ2) is 8.60. The molecule has 1 aliphatic heterocycles. The molecule has 22 heavy (non-hydrogen) atoms. The molecule has 0 saturated carbocycles. The highest BCUT2D eigenvalue weighted by molar-refractivity contribution is 9.10. The zero-order chi connectivity index (χ0) is 15.4. The first-order valence-corrected chi connectivity index (χ1v) is 7.89. The van der Waals surface area contributed by atoms with Crippen molar-refractivity contribution in [2.24, 2.45) is 0 Å². The molecule has 5 nitrogen and oxygen atoms in total. The Morgan fingerprint density at radius 2 is 2.23 bits per heavy atom. The van der Waals surface area contributed by atoms with Gasteiger partial charge in [0, 0.05) is 31.2 Å². The van der Waals surface area contributed by atoms with E-state index in [0.29, 0.717) is 30.2 Å². The Morgan fingerprint density at radius 1 is 1.50 bits per heavy atom. The Bertz CT molecular complexity index is 528. The van der Waals surface area contributed by atoms with Crippen molar-refractivity contribution in [2.45, 2.75) is 19.9 Å². The summed E-state index contributed by atoms with van der Waals surface area (Å²) in [4.78, 5) is 14.6. The first kappa shape index (κ1) is 19.1. The lowest BCUT2D eigenvalue weighted by Gasteiger charge is -2.34. The molecule has 0 unspecified atom stereocenters. The van der Waals surface area contributed by atoms with Crippen LogP contribution in [-0.4, -0.2) is 50.2 Å². The Kier molecular flexibility index (Phi) is 7.45. The molecule has 0 bridgehead atoms. The summed E-state index contributed by atoms with van der Waals surface area (Å²) < 4.78 is 11.6. The van der Waals surface area contributed by atoms with E-state index >= 15 is 0 Å². The van der Waals surface area contributed by atoms with Gasteiger partial charge in [0.2, 0.25) is 0 Å². The Morgan fingerprint density at radius 3 is 2.82 bits per heavy atom. The number of nitrogens with zero attached hydrogens (tertiary/aromatic N) is 1. The second-order valence-corrected chi connectivity index (χ2v) is 5.83. The fourth-order valence-corrected chi connectivity index (χ4v) is 2.99. The largest absolute Gasteiger partial charge is 0.493 e. The summed E-state index contributed by atoms with van der Waals surface area (Å²) >= 11 is 3.46. The fourth-order valence-electron chi connectivity index (χ4n) is 2.44. The van der Waals surface area contributed by atoms with Crippen molar-refractivity contribution in [3.63, 3.8) is 0 Å². The van der Waals surface area contributed by atoms with Crippen molar-refractivity contribution >= 4 is 34.2 Å². The fraction of sp³-hybridized carbons (Fsp3) is 0.533. The van der Waals surface area contributed by atoms with Crippen LogP contribution in [0.15, 0.2) is 16.6 Å². The standard InChI is InChI=1S/C15H21BrN2O3.ClH/c1-4-21-14-12(16)7-11(8-13(14)20-3)15(19)18-6-5-17-9-10(18)2;/h7-8,10,17H,4-6,9H2,1-3H3;1H/t10-;/m1./s1. The Balaban J connectivity index is 0.00000242. The lowest BCUT2D eigenvalue weighted by molar-refractivity contribution is 0.0655. The quantitative estimate of drug-likeness (QED) is 0.854. The van der Waals surface area contributed by atoms with Crippen LogP contribution in [0.3, 0.4) is 0 Å². The van der Waals surface area contributed by atoms with Crippen molar-refractivity contribution in [3.05, 3.63) is 22.2 Å². The molecule has 1 amide bonds. The van der Waals surface area contributed by atoms with E-state index in [9.17, 15) is 4.79 Å². The van der Waals surface area contributed by atoms with Crippen molar-refractivity contribution in [2.75, 3.05) is 33.4 Å². The molecule has 7 heteroatoms. The second-order valence-electron chi connectivity index (χ2n) is 4.97. The van der Waals surface area contributed by atoms with Gasteiger partial charge in [-0.25, -0.2) is 0 Å². The van der Waals surface area contributed by atoms with E-state index in [1.165, 1.54) is 0 Å². The number of amides is 1. The number of nitrogens with one attached hydrogen (secondary N) is 1. The number of methoxy groups -OCH3 is 1. The molecule has 1 aromatic carbocycles. The van der Waals surface area contributed by atoms with Crippen molar-refractivity contribution in [1.29, 1.82) is 0 Å². The van der Waals surface area contributed by atoms with E-state index in [1.807, 2.05) is 18.7 Å². The summed E-state index contributed by atoms with van der Waals surface area (Å²) in [7, 11) is 1.58. The molecular formula is C15H22BrClN2O3. The minimum Gasteiger partial charge on any atom is -0.493 e. The number of ether oxygens (including phenoxy) is 2. The number of rotatable bonds is 4. The van der Waals surface area contributed by atoms with Gasteiger partial charge in [-0.05, 0) is 41.9 Å². The average Bonchev–Trinajstić information content (AvgIpc) is 2.49. The van der Waals surface area contributed by atoms with Gasteiger partial charge in [0.05, 0.1) is 18.2 Å². The molecule has 0 aromatic heterocycles. The third-order valence-corrected chi connectivity index (χ3v) is 4.12. The normalized spacial score (nSPS) is 17.6. The van der Waals surface area contributed by atoms with E-state index in [-0.39, 0.29) is 24.4 Å². The molecule has 0 aliphatic carbocycles. The molecule has 1 fully saturated rings. The van der Waals surface area contributed by atoms with E-state index in [1.54, 1.807) is 19.2 Å². The van der Waals surface area contributed by atoms with Crippen LogP contribution in [-0.2, 0) is 0 Å². The Labute approximate surface area is 145 Å². The molecule has 1 aromatic rings. The number of carbonyl (C=O) groups is 1. The molecule has 1 N–H and O–H groups in total. The summed E-state index contributed by atoms with van der Waals surface area (Å²) in [6, 6.07) is 3.72. The third kappa shape index (κ3) is 4.06. The summed E-state index contributed by atoms with van der Waals surface area (Å²) in [5.74, 6) is 1.22. The molecular weight excluding hydrogens is 372 g/mol. The van der Waals surface area contributed by atoms with Crippen LogP contribution in [0, 0.1) is 0 Å². The molecule has 1 atom stereocenters. The summed E-state index contributed by atoms with van der Waals surface area (Å²) in [5.41, 5.74) is 0.607. The molecule has 1 saturated heterocycles. The number of hydrogen-bond donors (Lipinski definition) is 1. The summed E-state index contributed by atoms with van der Waals surface area (Å²) in [6.07, 6.45) is 0. The lowest BCUT2D eigenvalue weighted by atomic mass is 10.1. The Hall–Kier alpha value is -0.980. The number of piperazine rings is 1. The smallest absolute Gasteiger partial charge is 0.254 e. The van der Waals surface area contributed by atoms with E-state index < -0.39 is 0 Å². The van der Waals surface area contributed by atoms with Gasteiger partial charge in [-0.2, -0.15) is 0 Å². The lowest BCUT2D eigenvalue weighted by Crippen LogP contribution is -2.52. The zero-order valence-corrected chi connectivity index (χ0v) is 15.4. The minimum atomic E-state index is 0. The predicted molar refractivity (Wildman–Crippen MR) is 92.5 cm³/mol. The first-order chi connectivity index (χ1) is 10.1. The topological polar surface area (TPSA) is 50.8 Å². The van der Waals surface area contributed by atoms with E-state index in [0.717, 1.165) is 17.6 Å². The molecule has 124 valence electrons. The van der Waals surface area contributed by atoms with Crippen LogP contribution in [0.1, 0.15) is 24.2 Å². The van der Waals surface area contributed by atoms with Crippen LogP contribution in [0.5, 0.6) is 11.5 Å². The SMILES string of the molecule is CCOc1c(Br)cc(C(=O)N2CCNC[C@H]2C)cc1OC.Cl. The van der Waals surface area contributed by atoms with Gasteiger partial charge < -0.3 is 19.7 Å². The van der Waals surface area contributed by atoms with Gasteiger partial charge in [-0.3, -0.25) is 4.79 Å². The highest BCUT2D eigenvalue weighted by Crippen LogP contribution is 2.37. The summed E-state index contributed by atoms with van der Waals surface area (Å²) in [6.45, 7) is 6.86. The maximum Gasteiger partial charge on any atom is 0.254 e. The molecule has 0 spiro atoms. The minimum absolute atomic E-state index is 0. The van der Waals surface area contributed by atoms with Gasteiger partial charge in [0.25, 0.3) is 5.91 Å². The van der Waals surface area contributed by atoms with Crippen molar-refractivity contribution in [1.82, 2.24) is 10.2 Å². The van der Waals surface area contributed by atoms with Crippen molar-refractivity contribution in [3.8, 4) is 11.5 Å². The molecule has 2 rings (SSSR count). The number of carbonyl (C=O) groups excluding carboxylic acids is 1. The first-order valence-electron chi connectivity index (χ1n) is 7.10. The average molecular weight is 394 g/mol. The van der Waals surface area contributed by atoms with Crippen molar-refractivity contribution < 1.29 is 14.3 Å². The van der Waals surface area contributed by atoms with E-state index in [4.69, 9.17) is 9.47 Å². The zero-order valence-electron chi connectivity index (χ0n) is 13.0. The third-order valence-electron chi connectivity index (χ3n) is 3.53. The highest BCUT2D eigenvalue weighted by atomic mass is 79.9. The predicted octanol–water partition coefficient (Wildman–Crippen LogP) is 2.71.